The predicted molar refractivity (Wildman–Crippen MR) is 74.8 cm³/mol. The largest absolute Gasteiger partial charge is 0.393 e. The van der Waals surface area contributed by atoms with Gasteiger partial charge >= 0.3 is 0 Å². The zero-order valence-corrected chi connectivity index (χ0v) is 11.4. The van der Waals surface area contributed by atoms with Crippen LogP contribution in [0.5, 0.6) is 0 Å². The van der Waals surface area contributed by atoms with Crippen LogP contribution >= 0.6 is 0 Å². The van der Waals surface area contributed by atoms with Gasteiger partial charge in [-0.25, -0.2) is 4.99 Å². The highest BCUT2D eigenvalue weighted by Gasteiger charge is 2.19. The number of aliphatic hydroxyl groups excluding tert-OH is 1. The van der Waals surface area contributed by atoms with Gasteiger partial charge in [-0.2, -0.15) is 5.10 Å². The van der Waals surface area contributed by atoms with Crippen LogP contribution in [-0.2, 0) is 6.54 Å². The van der Waals surface area contributed by atoms with Crippen LogP contribution in [0, 0.1) is 0 Å². The maximum absolute atomic E-state index is 9.51. The topological polar surface area (TPSA) is 85.3 Å². The maximum atomic E-state index is 9.51. The molecule has 106 valence electrons. The molecule has 19 heavy (non-hydrogen) atoms. The number of aromatic nitrogens is 2. The molecular formula is C13H23N5O. The van der Waals surface area contributed by atoms with E-state index in [1.54, 1.807) is 6.20 Å². The van der Waals surface area contributed by atoms with E-state index in [9.17, 15) is 5.11 Å². The highest BCUT2D eigenvalue weighted by Crippen LogP contribution is 2.18. The van der Waals surface area contributed by atoms with Crippen LogP contribution in [0.1, 0.15) is 38.3 Å². The summed E-state index contributed by atoms with van der Waals surface area (Å²) in [6.07, 6.45) is 5.34. The van der Waals surface area contributed by atoms with Gasteiger partial charge in [-0.3, -0.25) is 5.10 Å². The fourth-order valence-corrected chi connectivity index (χ4v) is 2.27. The van der Waals surface area contributed by atoms with Crippen LogP contribution in [0.15, 0.2) is 17.3 Å². The van der Waals surface area contributed by atoms with Gasteiger partial charge in [0.2, 0.25) is 0 Å². The van der Waals surface area contributed by atoms with E-state index in [-0.39, 0.29) is 6.10 Å². The Labute approximate surface area is 113 Å². The van der Waals surface area contributed by atoms with Gasteiger partial charge < -0.3 is 15.7 Å². The highest BCUT2D eigenvalue weighted by molar-refractivity contribution is 5.80. The van der Waals surface area contributed by atoms with Crippen molar-refractivity contribution in [2.24, 2.45) is 4.99 Å². The highest BCUT2D eigenvalue weighted by atomic mass is 16.3. The average molecular weight is 265 g/mol. The zero-order chi connectivity index (χ0) is 13.5. The second-order valence-corrected chi connectivity index (χ2v) is 4.93. The molecule has 0 aliphatic heterocycles. The van der Waals surface area contributed by atoms with Gasteiger partial charge in [0.15, 0.2) is 5.96 Å². The molecule has 2 rings (SSSR count). The first-order valence-electron chi connectivity index (χ1n) is 6.99. The lowest BCUT2D eigenvalue weighted by molar-refractivity contribution is 0.120. The Hall–Kier alpha value is -1.56. The molecule has 4 N–H and O–H groups in total. The number of H-pyrrole nitrogens is 1. The predicted octanol–water partition coefficient (Wildman–Crippen LogP) is 0.768. The summed E-state index contributed by atoms with van der Waals surface area (Å²) >= 11 is 0. The third-order valence-corrected chi connectivity index (χ3v) is 3.35. The van der Waals surface area contributed by atoms with Crippen molar-refractivity contribution >= 4 is 5.96 Å². The Bertz CT molecular complexity index is 382. The Morgan fingerprint density at radius 1 is 1.47 bits per heavy atom. The van der Waals surface area contributed by atoms with Crippen molar-refractivity contribution in [3.05, 3.63) is 18.0 Å². The molecule has 1 aromatic heterocycles. The summed E-state index contributed by atoms with van der Waals surface area (Å²) in [4.78, 5) is 4.53. The quantitative estimate of drug-likeness (QED) is 0.478. The Morgan fingerprint density at radius 2 is 2.26 bits per heavy atom. The van der Waals surface area contributed by atoms with E-state index in [0.717, 1.165) is 43.9 Å². The summed E-state index contributed by atoms with van der Waals surface area (Å²) in [7, 11) is 0. The number of nitrogens with zero attached hydrogens (tertiary/aromatic N) is 2. The van der Waals surface area contributed by atoms with E-state index in [0.29, 0.717) is 12.6 Å². The van der Waals surface area contributed by atoms with Gasteiger partial charge in [0.25, 0.3) is 0 Å². The molecule has 1 aromatic rings. The van der Waals surface area contributed by atoms with Crippen LogP contribution < -0.4 is 10.6 Å². The number of aliphatic imine (C=N–C) groups is 1. The lowest BCUT2D eigenvalue weighted by Crippen LogP contribution is -2.45. The number of aliphatic hydroxyl groups is 1. The van der Waals surface area contributed by atoms with E-state index >= 15 is 0 Å². The SMILES string of the molecule is CCNC(=NCc1ccn[nH]1)NC1CCC(O)CC1. The monoisotopic (exact) mass is 265 g/mol. The van der Waals surface area contributed by atoms with Gasteiger partial charge in [0, 0.05) is 18.8 Å². The first-order chi connectivity index (χ1) is 9.28. The molecule has 0 saturated heterocycles. The first kappa shape index (κ1) is 13.9. The van der Waals surface area contributed by atoms with Crippen molar-refractivity contribution < 1.29 is 5.11 Å². The van der Waals surface area contributed by atoms with Crippen molar-refractivity contribution in [1.82, 2.24) is 20.8 Å². The molecule has 1 fully saturated rings. The second-order valence-electron chi connectivity index (χ2n) is 4.93. The van der Waals surface area contributed by atoms with Gasteiger partial charge in [0.05, 0.1) is 18.3 Å². The Morgan fingerprint density at radius 3 is 2.89 bits per heavy atom. The Balaban J connectivity index is 1.86. The van der Waals surface area contributed by atoms with Gasteiger partial charge in [-0.15, -0.1) is 0 Å². The molecule has 0 amide bonds. The van der Waals surface area contributed by atoms with Crippen molar-refractivity contribution in [3.63, 3.8) is 0 Å². The molecule has 1 saturated carbocycles. The molecule has 1 aliphatic rings. The van der Waals surface area contributed by atoms with Crippen LogP contribution in [-0.4, -0.2) is 40.0 Å². The van der Waals surface area contributed by atoms with E-state index < -0.39 is 0 Å². The molecule has 0 radical (unpaired) electrons. The summed E-state index contributed by atoms with van der Waals surface area (Å²) in [5, 5.41) is 23.0. The van der Waals surface area contributed by atoms with Crippen LogP contribution in [0.3, 0.4) is 0 Å². The maximum Gasteiger partial charge on any atom is 0.191 e. The molecule has 6 heteroatoms. The van der Waals surface area contributed by atoms with E-state index in [1.165, 1.54) is 0 Å². The summed E-state index contributed by atoms with van der Waals surface area (Å²) in [6, 6.07) is 2.33. The molecule has 1 aliphatic carbocycles. The number of hydrogen-bond donors (Lipinski definition) is 4. The third-order valence-electron chi connectivity index (χ3n) is 3.35. The summed E-state index contributed by atoms with van der Waals surface area (Å²) in [5.74, 6) is 0.832. The molecule has 0 spiro atoms. The van der Waals surface area contributed by atoms with Gasteiger partial charge in [-0.1, -0.05) is 0 Å². The van der Waals surface area contributed by atoms with Crippen molar-refractivity contribution in [2.45, 2.75) is 51.3 Å². The number of aromatic amines is 1. The zero-order valence-electron chi connectivity index (χ0n) is 11.4. The van der Waals surface area contributed by atoms with Crippen molar-refractivity contribution in [3.8, 4) is 0 Å². The first-order valence-corrected chi connectivity index (χ1v) is 6.99. The number of hydrogen-bond acceptors (Lipinski definition) is 3. The Kier molecular flexibility index (Phi) is 5.20. The van der Waals surface area contributed by atoms with Gasteiger partial charge in [0.1, 0.15) is 0 Å². The van der Waals surface area contributed by atoms with E-state index in [1.807, 2.05) is 6.07 Å². The average Bonchev–Trinajstić information content (AvgIpc) is 2.92. The van der Waals surface area contributed by atoms with Crippen LogP contribution in [0.2, 0.25) is 0 Å². The fraction of sp³-hybridized carbons (Fsp3) is 0.692. The third kappa shape index (κ3) is 4.55. The molecule has 0 unspecified atom stereocenters. The van der Waals surface area contributed by atoms with E-state index in [4.69, 9.17) is 0 Å². The molecular weight excluding hydrogens is 242 g/mol. The summed E-state index contributed by atoms with van der Waals surface area (Å²) in [5.41, 5.74) is 0.997. The number of guanidine groups is 1. The molecule has 1 heterocycles. The van der Waals surface area contributed by atoms with Gasteiger partial charge in [-0.05, 0) is 38.7 Å². The lowest BCUT2D eigenvalue weighted by Gasteiger charge is -2.27. The molecule has 0 aromatic carbocycles. The molecule has 6 nitrogen and oxygen atoms in total. The van der Waals surface area contributed by atoms with Crippen molar-refractivity contribution in [1.29, 1.82) is 0 Å². The van der Waals surface area contributed by atoms with E-state index in [2.05, 4.69) is 32.7 Å². The normalized spacial score (nSPS) is 24.2. The van der Waals surface area contributed by atoms with Crippen LogP contribution in [0.4, 0.5) is 0 Å². The number of nitrogens with one attached hydrogen (secondary N) is 3. The number of rotatable bonds is 4. The van der Waals surface area contributed by atoms with Crippen LogP contribution in [0.25, 0.3) is 0 Å². The second kappa shape index (κ2) is 7.13. The fourth-order valence-electron chi connectivity index (χ4n) is 2.27. The summed E-state index contributed by atoms with van der Waals surface area (Å²) in [6.45, 7) is 3.48. The molecule has 0 bridgehead atoms. The lowest BCUT2D eigenvalue weighted by atomic mass is 9.93. The minimum absolute atomic E-state index is 0.123. The molecule has 0 atom stereocenters. The summed E-state index contributed by atoms with van der Waals surface area (Å²) < 4.78 is 0. The standard InChI is InChI=1S/C13H23N5O/c1-2-14-13(15-9-11-7-8-16-18-11)17-10-3-5-12(19)6-4-10/h7-8,10,12,19H,2-6,9H2,1H3,(H,16,18)(H2,14,15,17). The smallest absolute Gasteiger partial charge is 0.191 e. The van der Waals surface area contributed by atoms with Crippen molar-refractivity contribution in [2.75, 3.05) is 6.54 Å². The minimum atomic E-state index is -0.123. The minimum Gasteiger partial charge on any atom is -0.393 e.